The fourth-order valence-electron chi connectivity index (χ4n) is 1.71. The minimum Gasteiger partial charge on any atom is -0.495 e. The summed E-state index contributed by atoms with van der Waals surface area (Å²) in [5, 5.41) is 6.07. The molecule has 0 aromatic heterocycles. The van der Waals surface area contributed by atoms with E-state index in [1.54, 1.807) is 27.3 Å². The lowest BCUT2D eigenvalue weighted by atomic mass is 10.0. The summed E-state index contributed by atoms with van der Waals surface area (Å²) in [6.07, 6.45) is 0. The van der Waals surface area contributed by atoms with Gasteiger partial charge in [0.15, 0.2) is 0 Å². The van der Waals surface area contributed by atoms with E-state index in [9.17, 15) is 4.79 Å². The number of benzene rings is 1. The van der Waals surface area contributed by atoms with E-state index < -0.39 is 6.04 Å². The van der Waals surface area contributed by atoms with Crippen molar-refractivity contribution >= 4 is 17.5 Å². The van der Waals surface area contributed by atoms with Crippen molar-refractivity contribution in [2.75, 3.05) is 21.2 Å². The van der Waals surface area contributed by atoms with Gasteiger partial charge in [-0.25, -0.2) is 0 Å². The van der Waals surface area contributed by atoms with E-state index in [1.807, 2.05) is 13.0 Å². The summed E-state index contributed by atoms with van der Waals surface area (Å²) < 4.78 is 5.13. The third-order valence-electron chi connectivity index (χ3n) is 2.65. The number of methoxy groups -OCH3 is 1. The second kappa shape index (κ2) is 5.89. The van der Waals surface area contributed by atoms with Gasteiger partial charge in [0.1, 0.15) is 11.8 Å². The number of nitrogens with one attached hydrogen (secondary N) is 2. The van der Waals surface area contributed by atoms with Crippen LogP contribution in [0.4, 0.5) is 0 Å². The third-order valence-corrected chi connectivity index (χ3v) is 2.94. The van der Waals surface area contributed by atoms with Crippen molar-refractivity contribution in [2.24, 2.45) is 0 Å². The number of aryl methyl sites for hydroxylation is 1. The molecule has 1 aromatic rings. The van der Waals surface area contributed by atoms with Gasteiger partial charge >= 0.3 is 0 Å². The molecule has 0 radical (unpaired) electrons. The van der Waals surface area contributed by atoms with Gasteiger partial charge in [-0.1, -0.05) is 11.6 Å². The number of rotatable bonds is 4. The van der Waals surface area contributed by atoms with E-state index in [1.165, 1.54) is 0 Å². The Labute approximate surface area is 106 Å². The zero-order valence-electron chi connectivity index (χ0n) is 10.4. The molecule has 1 unspecified atom stereocenters. The van der Waals surface area contributed by atoms with Crippen LogP contribution in [0, 0.1) is 6.92 Å². The van der Waals surface area contributed by atoms with E-state index in [0.717, 1.165) is 11.1 Å². The predicted molar refractivity (Wildman–Crippen MR) is 68.6 cm³/mol. The highest BCUT2D eigenvalue weighted by atomic mass is 35.5. The van der Waals surface area contributed by atoms with Crippen LogP contribution < -0.4 is 15.4 Å². The zero-order valence-corrected chi connectivity index (χ0v) is 11.2. The van der Waals surface area contributed by atoms with Crippen LogP contribution in [0.25, 0.3) is 0 Å². The highest BCUT2D eigenvalue weighted by Crippen LogP contribution is 2.30. The first-order valence-corrected chi connectivity index (χ1v) is 5.65. The summed E-state index contributed by atoms with van der Waals surface area (Å²) >= 11 is 6.07. The van der Waals surface area contributed by atoms with Crippen molar-refractivity contribution in [3.8, 4) is 5.75 Å². The monoisotopic (exact) mass is 256 g/mol. The van der Waals surface area contributed by atoms with E-state index in [4.69, 9.17) is 16.3 Å². The summed E-state index contributed by atoms with van der Waals surface area (Å²) in [6, 6.07) is 3.17. The van der Waals surface area contributed by atoms with Crippen LogP contribution in [0.2, 0.25) is 5.02 Å². The summed E-state index contributed by atoms with van der Waals surface area (Å²) in [5.74, 6) is 0.511. The molecule has 4 nitrogen and oxygen atoms in total. The first kappa shape index (κ1) is 13.8. The molecule has 0 aliphatic heterocycles. The summed E-state index contributed by atoms with van der Waals surface area (Å²) in [6.45, 7) is 1.92. The largest absolute Gasteiger partial charge is 0.495 e. The maximum absolute atomic E-state index is 11.7. The van der Waals surface area contributed by atoms with Crippen molar-refractivity contribution in [3.05, 3.63) is 28.3 Å². The molecule has 0 aliphatic carbocycles. The van der Waals surface area contributed by atoms with Gasteiger partial charge in [-0.3, -0.25) is 4.79 Å². The molecule has 5 heteroatoms. The second-order valence-corrected chi connectivity index (χ2v) is 4.09. The molecule has 1 rings (SSSR count). The Morgan fingerprint density at radius 2 is 2.06 bits per heavy atom. The molecule has 0 heterocycles. The number of carbonyl (C=O) groups excluding carboxylic acids is 1. The molecule has 2 N–H and O–H groups in total. The fourth-order valence-corrected chi connectivity index (χ4v) is 1.96. The van der Waals surface area contributed by atoms with Crippen LogP contribution >= 0.6 is 11.6 Å². The van der Waals surface area contributed by atoms with Gasteiger partial charge in [0.2, 0.25) is 5.91 Å². The van der Waals surface area contributed by atoms with Crippen LogP contribution in [-0.2, 0) is 4.79 Å². The second-order valence-electron chi connectivity index (χ2n) is 3.68. The van der Waals surface area contributed by atoms with Crippen molar-refractivity contribution in [1.82, 2.24) is 10.6 Å². The summed E-state index contributed by atoms with van der Waals surface area (Å²) in [4.78, 5) is 11.7. The average Bonchev–Trinajstić information content (AvgIpc) is 2.33. The summed E-state index contributed by atoms with van der Waals surface area (Å²) in [7, 11) is 4.90. The molecule has 0 bridgehead atoms. The van der Waals surface area contributed by atoms with E-state index in [0.29, 0.717) is 10.8 Å². The number of likely N-dealkylation sites (N-methyl/N-ethyl adjacent to an activating group) is 2. The normalized spacial score (nSPS) is 12.1. The Morgan fingerprint density at radius 1 is 1.41 bits per heavy atom. The molecule has 1 aromatic carbocycles. The number of hydrogen-bond acceptors (Lipinski definition) is 3. The molecule has 0 aliphatic rings. The average molecular weight is 257 g/mol. The van der Waals surface area contributed by atoms with Gasteiger partial charge in [0, 0.05) is 7.05 Å². The Kier molecular flexibility index (Phi) is 4.78. The highest BCUT2D eigenvalue weighted by Gasteiger charge is 2.20. The van der Waals surface area contributed by atoms with Gasteiger partial charge < -0.3 is 15.4 Å². The molecule has 94 valence electrons. The Balaban J connectivity index is 3.21. The summed E-state index contributed by atoms with van der Waals surface area (Å²) in [5.41, 5.74) is 1.80. The number of halogens is 1. The molecule has 17 heavy (non-hydrogen) atoms. The minimum atomic E-state index is -0.414. The van der Waals surface area contributed by atoms with Crippen LogP contribution in [0.1, 0.15) is 17.2 Å². The number of carbonyl (C=O) groups is 1. The predicted octanol–water partition coefficient (Wildman–Crippen LogP) is 1.66. The highest BCUT2D eigenvalue weighted by molar-refractivity contribution is 6.32. The number of ether oxygens (including phenoxy) is 1. The topological polar surface area (TPSA) is 50.4 Å². The number of hydrogen-bond donors (Lipinski definition) is 2. The fraction of sp³-hybridized carbons (Fsp3) is 0.417. The maximum Gasteiger partial charge on any atom is 0.241 e. The molecular weight excluding hydrogens is 240 g/mol. The Bertz CT molecular complexity index is 421. The first-order chi connectivity index (χ1) is 8.04. The van der Waals surface area contributed by atoms with Crippen molar-refractivity contribution in [1.29, 1.82) is 0 Å². The van der Waals surface area contributed by atoms with Crippen molar-refractivity contribution in [3.63, 3.8) is 0 Å². The lowest BCUT2D eigenvalue weighted by molar-refractivity contribution is -0.122. The van der Waals surface area contributed by atoms with Gasteiger partial charge in [-0.05, 0) is 37.2 Å². The van der Waals surface area contributed by atoms with Crippen molar-refractivity contribution in [2.45, 2.75) is 13.0 Å². The van der Waals surface area contributed by atoms with E-state index >= 15 is 0 Å². The standard InChI is InChI=1S/C12H17ClN2O2/c1-7-5-10(17-4)9(13)6-8(7)11(14-2)12(16)15-3/h5-6,11,14H,1-4H3,(H,15,16). The Hall–Kier alpha value is -1.26. The van der Waals surface area contributed by atoms with E-state index in [-0.39, 0.29) is 5.91 Å². The lowest BCUT2D eigenvalue weighted by Gasteiger charge is -2.18. The lowest BCUT2D eigenvalue weighted by Crippen LogP contribution is -2.34. The molecule has 0 saturated heterocycles. The van der Waals surface area contributed by atoms with Gasteiger partial charge in [0.25, 0.3) is 0 Å². The van der Waals surface area contributed by atoms with Gasteiger partial charge in [-0.15, -0.1) is 0 Å². The minimum absolute atomic E-state index is 0.100. The zero-order chi connectivity index (χ0) is 13.0. The van der Waals surface area contributed by atoms with Crippen LogP contribution in [0.5, 0.6) is 5.75 Å². The molecular formula is C12H17ClN2O2. The molecule has 0 fully saturated rings. The molecule has 0 saturated carbocycles. The molecule has 1 atom stereocenters. The SMILES string of the molecule is CNC(=O)C(NC)c1cc(Cl)c(OC)cc1C. The van der Waals surface area contributed by atoms with Crippen LogP contribution in [0.3, 0.4) is 0 Å². The van der Waals surface area contributed by atoms with Gasteiger partial charge in [-0.2, -0.15) is 0 Å². The smallest absolute Gasteiger partial charge is 0.241 e. The van der Waals surface area contributed by atoms with Gasteiger partial charge in [0.05, 0.1) is 12.1 Å². The first-order valence-electron chi connectivity index (χ1n) is 5.28. The van der Waals surface area contributed by atoms with Crippen LogP contribution in [0.15, 0.2) is 12.1 Å². The van der Waals surface area contributed by atoms with Crippen molar-refractivity contribution < 1.29 is 9.53 Å². The molecule has 1 amide bonds. The maximum atomic E-state index is 11.7. The van der Waals surface area contributed by atoms with E-state index in [2.05, 4.69) is 10.6 Å². The Morgan fingerprint density at radius 3 is 2.53 bits per heavy atom. The number of amides is 1. The third kappa shape index (κ3) is 2.90. The van der Waals surface area contributed by atoms with Crippen LogP contribution in [-0.4, -0.2) is 27.1 Å². The quantitative estimate of drug-likeness (QED) is 0.862. The molecule has 0 spiro atoms.